The van der Waals surface area contributed by atoms with Crippen LogP contribution in [0.15, 0.2) is 54.6 Å². The molecule has 0 spiro atoms. The van der Waals surface area contributed by atoms with Crippen molar-refractivity contribution in [2.45, 2.75) is 6.04 Å². The van der Waals surface area contributed by atoms with Crippen molar-refractivity contribution < 1.29 is 9.84 Å². The molecule has 0 amide bonds. The highest BCUT2D eigenvalue weighted by Crippen LogP contribution is 2.35. The second kappa shape index (κ2) is 4.69. The van der Waals surface area contributed by atoms with Crippen molar-refractivity contribution in [1.82, 2.24) is 0 Å². The third kappa shape index (κ3) is 2.15. The number of aliphatic hydroxyl groups excluding tert-OH is 1. The normalized spacial score (nSPS) is 17.1. The van der Waals surface area contributed by atoms with Crippen molar-refractivity contribution in [2.75, 3.05) is 12.4 Å². The minimum atomic E-state index is -0.0270. The van der Waals surface area contributed by atoms with Gasteiger partial charge in [-0.25, -0.2) is 0 Å². The maximum atomic E-state index is 10.1. The molecule has 1 atom stereocenters. The molecule has 1 heterocycles. The van der Waals surface area contributed by atoms with Crippen LogP contribution in [-0.4, -0.2) is 12.2 Å². The van der Waals surface area contributed by atoms with Crippen LogP contribution < -0.4 is 10.1 Å². The zero-order valence-corrected chi connectivity index (χ0v) is 10.6. The van der Waals surface area contributed by atoms with Crippen molar-refractivity contribution in [3.63, 3.8) is 0 Å². The molecule has 1 unspecified atom stereocenters. The Hall–Kier alpha value is -2.42. The SMILES string of the molecule is COc1ccc2c(c1)NC(c1ccccc1)C=C2O. The Labute approximate surface area is 112 Å². The van der Waals surface area contributed by atoms with Crippen molar-refractivity contribution in [3.05, 3.63) is 65.7 Å². The van der Waals surface area contributed by atoms with E-state index in [0.717, 1.165) is 22.6 Å². The number of hydrogen-bond acceptors (Lipinski definition) is 3. The average molecular weight is 253 g/mol. The molecule has 96 valence electrons. The summed E-state index contributed by atoms with van der Waals surface area (Å²) in [5, 5.41) is 13.5. The Morgan fingerprint density at radius 3 is 2.63 bits per heavy atom. The van der Waals surface area contributed by atoms with E-state index in [2.05, 4.69) is 5.32 Å². The highest BCUT2D eigenvalue weighted by Gasteiger charge is 2.19. The Morgan fingerprint density at radius 2 is 1.89 bits per heavy atom. The van der Waals surface area contributed by atoms with E-state index in [1.54, 1.807) is 7.11 Å². The van der Waals surface area contributed by atoms with Gasteiger partial charge in [0.25, 0.3) is 0 Å². The van der Waals surface area contributed by atoms with Crippen molar-refractivity contribution >= 4 is 11.4 Å². The Balaban J connectivity index is 2.00. The standard InChI is InChI=1S/C16H15NO2/c1-19-12-7-8-13-15(9-12)17-14(10-16(13)18)11-5-3-2-4-6-11/h2-10,14,17-18H,1H3. The van der Waals surface area contributed by atoms with Crippen LogP contribution in [0.2, 0.25) is 0 Å². The summed E-state index contributed by atoms with van der Waals surface area (Å²) in [6.45, 7) is 0. The first-order valence-electron chi connectivity index (χ1n) is 6.18. The van der Waals surface area contributed by atoms with Crippen LogP contribution in [0.5, 0.6) is 5.75 Å². The summed E-state index contributed by atoms with van der Waals surface area (Å²) in [4.78, 5) is 0. The van der Waals surface area contributed by atoms with Gasteiger partial charge in [-0.15, -0.1) is 0 Å². The molecule has 19 heavy (non-hydrogen) atoms. The molecule has 0 radical (unpaired) electrons. The number of rotatable bonds is 2. The molecule has 1 aliphatic rings. The predicted octanol–water partition coefficient (Wildman–Crippen LogP) is 3.76. The number of nitrogens with one attached hydrogen (secondary N) is 1. The maximum Gasteiger partial charge on any atom is 0.123 e. The molecule has 2 aromatic rings. The van der Waals surface area contributed by atoms with E-state index in [4.69, 9.17) is 4.74 Å². The first kappa shape index (κ1) is 11.7. The number of anilines is 1. The van der Waals surface area contributed by atoms with Crippen molar-refractivity contribution in [3.8, 4) is 5.75 Å². The van der Waals surface area contributed by atoms with Gasteiger partial charge in [0.2, 0.25) is 0 Å². The lowest BCUT2D eigenvalue weighted by Gasteiger charge is -2.24. The number of methoxy groups -OCH3 is 1. The Morgan fingerprint density at radius 1 is 1.11 bits per heavy atom. The molecule has 0 bridgehead atoms. The lowest BCUT2D eigenvalue weighted by atomic mass is 9.98. The largest absolute Gasteiger partial charge is 0.507 e. The Kier molecular flexibility index (Phi) is 2.88. The van der Waals surface area contributed by atoms with Gasteiger partial charge in [-0.1, -0.05) is 30.3 Å². The fourth-order valence-corrected chi connectivity index (χ4v) is 2.29. The summed E-state index contributed by atoms with van der Waals surface area (Å²) in [6, 6.07) is 15.6. The van der Waals surface area contributed by atoms with Gasteiger partial charge in [0.1, 0.15) is 11.5 Å². The lowest BCUT2D eigenvalue weighted by Crippen LogP contribution is -2.14. The van der Waals surface area contributed by atoms with E-state index < -0.39 is 0 Å². The van der Waals surface area contributed by atoms with Crippen LogP contribution in [-0.2, 0) is 0 Å². The van der Waals surface area contributed by atoms with Crippen LogP contribution in [0.3, 0.4) is 0 Å². The molecule has 0 saturated heterocycles. The van der Waals surface area contributed by atoms with Crippen LogP contribution in [0.25, 0.3) is 5.76 Å². The van der Waals surface area contributed by atoms with Gasteiger partial charge in [0, 0.05) is 17.3 Å². The quantitative estimate of drug-likeness (QED) is 0.856. The molecule has 3 rings (SSSR count). The smallest absolute Gasteiger partial charge is 0.123 e. The minimum Gasteiger partial charge on any atom is -0.507 e. The molecule has 2 aromatic carbocycles. The van der Waals surface area contributed by atoms with Gasteiger partial charge in [0.15, 0.2) is 0 Å². The van der Waals surface area contributed by atoms with E-state index in [1.807, 2.05) is 54.6 Å². The monoisotopic (exact) mass is 253 g/mol. The lowest BCUT2D eigenvalue weighted by molar-refractivity contribution is 0.414. The van der Waals surface area contributed by atoms with Crippen LogP contribution in [0.1, 0.15) is 17.2 Å². The van der Waals surface area contributed by atoms with E-state index in [-0.39, 0.29) is 6.04 Å². The summed E-state index contributed by atoms with van der Waals surface area (Å²) in [5.74, 6) is 1.07. The van der Waals surface area contributed by atoms with E-state index >= 15 is 0 Å². The van der Waals surface area contributed by atoms with Crippen LogP contribution >= 0.6 is 0 Å². The number of hydrogen-bond donors (Lipinski definition) is 2. The molecular weight excluding hydrogens is 238 g/mol. The number of fused-ring (bicyclic) bond motifs is 1. The third-order valence-corrected chi connectivity index (χ3v) is 3.30. The van der Waals surface area contributed by atoms with Gasteiger partial charge in [-0.3, -0.25) is 0 Å². The molecular formula is C16H15NO2. The second-order valence-electron chi connectivity index (χ2n) is 4.50. The summed E-state index contributed by atoms with van der Waals surface area (Å²) >= 11 is 0. The van der Waals surface area contributed by atoms with E-state index in [9.17, 15) is 5.11 Å². The summed E-state index contributed by atoms with van der Waals surface area (Å²) in [5.41, 5.74) is 2.80. The van der Waals surface area contributed by atoms with Gasteiger partial charge >= 0.3 is 0 Å². The molecule has 0 aliphatic carbocycles. The number of aliphatic hydroxyl groups is 1. The number of benzene rings is 2. The highest BCUT2D eigenvalue weighted by atomic mass is 16.5. The van der Waals surface area contributed by atoms with Crippen molar-refractivity contribution in [2.24, 2.45) is 0 Å². The molecule has 1 aliphatic heterocycles. The number of ether oxygens (including phenoxy) is 1. The zero-order valence-electron chi connectivity index (χ0n) is 10.6. The second-order valence-corrected chi connectivity index (χ2v) is 4.50. The topological polar surface area (TPSA) is 41.5 Å². The first-order chi connectivity index (χ1) is 9.28. The summed E-state index contributed by atoms with van der Waals surface area (Å²) < 4.78 is 5.22. The summed E-state index contributed by atoms with van der Waals surface area (Å²) in [7, 11) is 1.63. The maximum absolute atomic E-state index is 10.1. The average Bonchev–Trinajstić information content (AvgIpc) is 2.47. The van der Waals surface area contributed by atoms with Gasteiger partial charge in [-0.05, 0) is 23.8 Å². The first-order valence-corrected chi connectivity index (χ1v) is 6.18. The molecule has 2 N–H and O–H groups in total. The molecule has 3 nitrogen and oxygen atoms in total. The van der Waals surface area contributed by atoms with Gasteiger partial charge in [-0.2, -0.15) is 0 Å². The van der Waals surface area contributed by atoms with Gasteiger partial charge in [0.05, 0.1) is 13.2 Å². The zero-order chi connectivity index (χ0) is 13.2. The molecule has 0 fully saturated rings. The molecule has 0 saturated carbocycles. The van der Waals surface area contributed by atoms with Crippen LogP contribution in [0, 0.1) is 0 Å². The minimum absolute atomic E-state index is 0.0270. The predicted molar refractivity (Wildman–Crippen MR) is 76.4 cm³/mol. The van der Waals surface area contributed by atoms with E-state index in [0.29, 0.717) is 5.76 Å². The third-order valence-electron chi connectivity index (χ3n) is 3.30. The Bertz CT molecular complexity index is 620. The highest BCUT2D eigenvalue weighted by molar-refractivity contribution is 5.77. The fourth-order valence-electron chi connectivity index (χ4n) is 2.29. The fraction of sp³-hybridized carbons (Fsp3) is 0.125. The molecule has 0 aromatic heterocycles. The molecule has 3 heteroatoms. The van der Waals surface area contributed by atoms with Gasteiger partial charge < -0.3 is 15.2 Å². The summed E-state index contributed by atoms with van der Waals surface area (Å²) in [6.07, 6.45) is 1.82. The van der Waals surface area contributed by atoms with E-state index in [1.165, 1.54) is 0 Å². The van der Waals surface area contributed by atoms with Crippen LogP contribution in [0.4, 0.5) is 5.69 Å². The van der Waals surface area contributed by atoms with Crippen molar-refractivity contribution in [1.29, 1.82) is 0 Å².